The molecular weight excluding hydrogens is 295 g/mol. The topological polar surface area (TPSA) is 38.6 Å². The first-order chi connectivity index (χ1) is 10.4. The molecule has 0 aromatic carbocycles. The lowest BCUT2D eigenvalue weighted by atomic mass is 9.63. The van der Waals surface area contributed by atoms with Crippen LogP contribution in [0.4, 0.5) is 13.2 Å². The Labute approximate surface area is 125 Å². The fraction of sp³-hybridized carbons (Fsp3) is 0.533. The van der Waals surface area contributed by atoms with Gasteiger partial charge in [0.2, 0.25) is 0 Å². The molecule has 2 aromatic rings. The van der Waals surface area contributed by atoms with Crippen molar-refractivity contribution in [2.45, 2.75) is 32.0 Å². The van der Waals surface area contributed by atoms with E-state index in [1.807, 2.05) is 0 Å². The van der Waals surface area contributed by atoms with Crippen LogP contribution in [0.3, 0.4) is 0 Å². The van der Waals surface area contributed by atoms with E-state index in [4.69, 9.17) is 4.74 Å². The minimum Gasteiger partial charge on any atom is -0.488 e. The van der Waals surface area contributed by atoms with Crippen molar-refractivity contribution in [3.63, 3.8) is 0 Å². The van der Waals surface area contributed by atoms with Crippen molar-refractivity contribution in [1.29, 1.82) is 0 Å². The van der Waals surface area contributed by atoms with Crippen LogP contribution in [-0.2, 0) is 6.18 Å². The molecule has 1 spiro atoms. The van der Waals surface area contributed by atoms with Gasteiger partial charge in [-0.2, -0.15) is 13.2 Å². The number of hydrogen-bond donors (Lipinski definition) is 1. The molecule has 1 N–H and O–H groups in total. The number of imidazole rings is 1. The van der Waals surface area contributed by atoms with Crippen LogP contribution in [0.2, 0.25) is 0 Å². The number of aryl methyl sites for hydroxylation is 1. The van der Waals surface area contributed by atoms with Gasteiger partial charge in [0.15, 0.2) is 5.69 Å². The zero-order chi connectivity index (χ0) is 15.5. The summed E-state index contributed by atoms with van der Waals surface area (Å²) >= 11 is 0. The number of halogens is 3. The van der Waals surface area contributed by atoms with Crippen LogP contribution in [0, 0.1) is 12.3 Å². The van der Waals surface area contributed by atoms with E-state index in [1.165, 1.54) is 12.3 Å². The monoisotopic (exact) mass is 311 g/mol. The molecule has 1 saturated heterocycles. The molecule has 4 nitrogen and oxygen atoms in total. The highest BCUT2D eigenvalue weighted by atomic mass is 19.4. The van der Waals surface area contributed by atoms with Gasteiger partial charge < -0.3 is 10.1 Å². The predicted molar refractivity (Wildman–Crippen MR) is 73.9 cm³/mol. The Bertz CT molecular complexity index is 725. The molecular formula is C15H16F3N3O. The molecule has 1 aliphatic carbocycles. The van der Waals surface area contributed by atoms with Crippen molar-refractivity contribution in [1.82, 2.24) is 14.7 Å². The maximum absolute atomic E-state index is 13.5. The Kier molecular flexibility index (Phi) is 2.76. The Morgan fingerprint density at radius 3 is 2.64 bits per heavy atom. The second-order valence-corrected chi connectivity index (χ2v) is 6.36. The van der Waals surface area contributed by atoms with Crippen molar-refractivity contribution in [3.8, 4) is 5.75 Å². The Balaban J connectivity index is 1.69. The van der Waals surface area contributed by atoms with Gasteiger partial charge in [0.25, 0.3) is 0 Å². The Morgan fingerprint density at radius 1 is 1.32 bits per heavy atom. The summed E-state index contributed by atoms with van der Waals surface area (Å²) in [7, 11) is 0. The number of nitrogens with zero attached hydrogens (tertiary/aromatic N) is 2. The van der Waals surface area contributed by atoms with Gasteiger partial charge in [-0.05, 0) is 31.9 Å². The molecule has 0 atom stereocenters. The molecule has 118 valence electrons. The lowest BCUT2D eigenvalue weighted by Gasteiger charge is -2.53. The molecule has 2 aromatic heterocycles. The Hall–Kier alpha value is -1.76. The maximum atomic E-state index is 13.5. The smallest absolute Gasteiger partial charge is 0.435 e. The van der Waals surface area contributed by atoms with E-state index in [-0.39, 0.29) is 17.3 Å². The minimum atomic E-state index is -4.49. The Morgan fingerprint density at radius 2 is 2.05 bits per heavy atom. The second kappa shape index (κ2) is 4.38. The normalized spacial score (nSPS) is 20.9. The molecule has 1 saturated carbocycles. The van der Waals surface area contributed by atoms with Crippen molar-refractivity contribution >= 4 is 5.52 Å². The first-order valence-corrected chi connectivity index (χ1v) is 7.30. The standard InChI is InChI=1S/C15H16F3N3O/c1-9-20-6-10-2-3-12(13(21(9)10)15(16,17)18)22-11-4-14(5-11)7-19-8-14/h2-3,6,11,19H,4-5,7-8H2,1H3. The van der Waals surface area contributed by atoms with E-state index in [1.54, 1.807) is 13.0 Å². The fourth-order valence-corrected chi connectivity index (χ4v) is 3.52. The summed E-state index contributed by atoms with van der Waals surface area (Å²) < 4.78 is 47.3. The van der Waals surface area contributed by atoms with Crippen LogP contribution in [0.25, 0.3) is 5.52 Å². The first kappa shape index (κ1) is 13.9. The molecule has 4 rings (SSSR count). The van der Waals surface area contributed by atoms with Crippen LogP contribution in [0.5, 0.6) is 5.75 Å². The van der Waals surface area contributed by atoms with Crippen molar-refractivity contribution in [2.75, 3.05) is 13.1 Å². The number of ether oxygens (including phenoxy) is 1. The molecule has 2 fully saturated rings. The van der Waals surface area contributed by atoms with Crippen LogP contribution >= 0.6 is 0 Å². The quantitative estimate of drug-likeness (QED) is 0.927. The molecule has 0 amide bonds. The SMILES string of the molecule is Cc1ncc2ccc(OC3CC4(CNC4)C3)c(C(F)(F)F)n12. The average Bonchev–Trinajstić information content (AvgIpc) is 2.71. The third kappa shape index (κ3) is 1.99. The average molecular weight is 311 g/mol. The second-order valence-electron chi connectivity index (χ2n) is 6.36. The van der Waals surface area contributed by atoms with Gasteiger partial charge in [0.1, 0.15) is 17.7 Å². The molecule has 0 bridgehead atoms. The van der Waals surface area contributed by atoms with Crippen molar-refractivity contribution in [3.05, 3.63) is 29.8 Å². The minimum absolute atomic E-state index is 0.103. The molecule has 2 aliphatic rings. The van der Waals surface area contributed by atoms with Crippen LogP contribution in [0.1, 0.15) is 24.4 Å². The van der Waals surface area contributed by atoms with E-state index in [0.29, 0.717) is 11.3 Å². The number of pyridine rings is 1. The summed E-state index contributed by atoms with van der Waals surface area (Å²) in [4.78, 5) is 3.97. The maximum Gasteiger partial charge on any atom is 0.435 e. The van der Waals surface area contributed by atoms with Crippen LogP contribution < -0.4 is 10.1 Å². The van der Waals surface area contributed by atoms with Gasteiger partial charge in [0.05, 0.1) is 11.7 Å². The molecule has 0 unspecified atom stereocenters. The predicted octanol–water partition coefficient (Wildman–Crippen LogP) is 2.79. The van der Waals surface area contributed by atoms with E-state index < -0.39 is 11.9 Å². The fourth-order valence-electron chi connectivity index (χ4n) is 3.52. The molecule has 3 heterocycles. The zero-order valence-corrected chi connectivity index (χ0v) is 12.1. The van der Waals surface area contributed by atoms with Crippen molar-refractivity contribution in [2.24, 2.45) is 5.41 Å². The largest absolute Gasteiger partial charge is 0.488 e. The number of nitrogens with one attached hydrogen (secondary N) is 1. The summed E-state index contributed by atoms with van der Waals surface area (Å²) in [6.45, 7) is 3.45. The highest BCUT2D eigenvalue weighted by molar-refractivity contribution is 5.52. The highest BCUT2D eigenvalue weighted by Crippen LogP contribution is 2.47. The third-order valence-electron chi connectivity index (χ3n) is 4.71. The zero-order valence-electron chi connectivity index (χ0n) is 12.1. The van der Waals surface area contributed by atoms with E-state index in [9.17, 15) is 13.2 Å². The van der Waals surface area contributed by atoms with Crippen LogP contribution in [-0.4, -0.2) is 28.6 Å². The van der Waals surface area contributed by atoms with E-state index >= 15 is 0 Å². The third-order valence-corrected chi connectivity index (χ3v) is 4.71. The van der Waals surface area contributed by atoms with Gasteiger partial charge in [-0.3, -0.25) is 4.40 Å². The first-order valence-electron chi connectivity index (χ1n) is 7.30. The number of hydrogen-bond acceptors (Lipinski definition) is 3. The summed E-state index contributed by atoms with van der Waals surface area (Å²) in [6.07, 6.45) is -1.55. The number of aromatic nitrogens is 2. The van der Waals surface area contributed by atoms with Gasteiger partial charge >= 0.3 is 6.18 Å². The van der Waals surface area contributed by atoms with Crippen molar-refractivity contribution < 1.29 is 17.9 Å². The number of alkyl halides is 3. The van der Waals surface area contributed by atoms with Gasteiger partial charge in [-0.1, -0.05) is 0 Å². The number of fused-ring (bicyclic) bond motifs is 1. The summed E-state index contributed by atoms with van der Waals surface area (Å²) in [5.74, 6) is 0.203. The molecule has 22 heavy (non-hydrogen) atoms. The van der Waals surface area contributed by atoms with E-state index in [2.05, 4.69) is 10.3 Å². The van der Waals surface area contributed by atoms with Crippen LogP contribution in [0.15, 0.2) is 18.3 Å². The number of rotatable bonds is 2. The van der Waals surface area contributed by atoms with E-state index in [0.717, 1.165) is 30.3 Å². The van der Waals surface area contributed by atoms with Gasteiger partial charge in [-0.15, -0.1) is 0 Å². The summed E-state index contributed by atoms with van der Waals surface area (Å²) in [5.41, 5.74) is -0.0870. The molecule has 7 heteroatoms. The summed E-state index contributed by atoms with van der Waals surface area (Å²) in [6, 6.07) is 3.02. The lowest BCUT2D eigenvalue weighted by Crippen LogP contribution is -2.62. The summed E-state index contributed by atoms with van der Waals surface area (Å²) in [5, 5.41) is 3.20. The molecule has 1 aliphatic heterocycles. The van der Waals surface area contributed by atoms with Gasteiger partial charge in [-0.25, -0.2) is 4.98 Å². The lowest BCUT2D eigenvalue weighted by molar-refractivity contribution is -0.145. The molecule has 0 radical (unpaired) electrons. The highest BCUT2D eigenvalue weighted by Gasteiger charge is 2.50. The van der Waals surface area contributed by atoms with Gasteiger partial charge in [0, 0.05) is 18.5 Å².